The highest BCUT2D eigenvalue weighted by Crippen LogP contribution is 2.31. The van der Waals surface area contributed by atoms with Crippen molar-refractivity contribution >= 4 is 34.0 Å². The lowest BCUT2D eigenvalue weighted by atomic mass is 9.97. The molecule has 5 nitrogen and oxygen atoms in total. The molecule has 2 heterocycles. The molecule has 1 aromatic carbocycles. The molecule has 0 unspecified atom stereocenters. The molecular weight excluding hydrogens is 353 g/mol. The molecule has 0 bridgehead atoms. The number of thiazole rings is 1. The Morgan fingerprint density at radius 2 is 2.25 bits per heavy atom. The quantitative estimate of drug-likeness (QED) is 0.847. The number of halogens is 2. The Morgan fingerprint density at radius 3 is 3.00 bits per heavy atom. The molecule has 3 rings (SSSR count). The van der Waals surface area contributed by atoms with Gasteiger partial charge in [0.25, 0.3) is 5.91 Å². The van der Waals surface area contributed by atoms with Crippen molar-refractivity contribution in [2.24, 2.45) is 0 Å². The minimum Gasteiger partial charge on any atom is -0.482 e. The molecule has 0 radical (unpaired) electrons. The van der Waals surface area contributed by atoms with Gasteiger partial charge in [0.05, 0.1) is 5.02 Å². The molecule has 0 aliphatic carbocycles. The van der Waals surface area contributed by atoms with E-state index < -0.39 is 5.82 Å². The Balaban J connectivity index is 1.52. The summed E-state index contributed by atoms with van der Waals surface area (Å²) in [7, 11) is 0. The van der Waals surface area contributed by atoms with Crippen LogP contribution in [0, 0.1) is 5.82 Å². The van der Waals surface area contributed by atoms with Gasteiger partial charge in [-0.3, -0.25) is 10.1 Å². The Labute approximate surface area is 148 Å². The van der Waals surface area contributed by atoms with E-state index >= 15 is 0 Å². The van der Waals surface area contributed by atoms with Gasteiger partial charge in [0, 0.05) is 11.1 Å². The summed E-state index contributed by atoms with van der Waals surface area (Å²) in [6.07, 6.45) is 4.00. The smallest absolute Gasteiger partial charge is 0.264 e. The zero-order chi connectivity index (χ0) is 16.9. The largest absolute Gasteiger partial charge is 0.482 e. The topological polar surface area (TPSA) is 63.2 Å². The molecule has 1 aromatic heterocycles. The molecule has 0 saturated carbocycles. The van der Waals surface area contributed by atoms with Gasteiger partial charge in [0.15, 0.2) is 11.7 Å². The fraction of sp³-hybridized carbons (Fsp3) is 0.375. The molecule has 1 aliphatic heterocycles. The Hall–Kier alpha value is -1.70. The zero-order valence-electron chi connectivity index (χ0n) is 12.9. The van der Waals surface area contributed by atoms with E-state index in [0.717, 1.165) is 32.0 Å². The normalized spacial score (nSPS) is 15.2. The molecule has 8 heteroatoms. The molecule has 2 N–H and O–H groups in total. The third kappa shape index (κ3) is 4.43. The average Bonchev–Trinajstić information content (AvgIpc) is 3.03. The van der Waals surface area contributed by atoms with Crippen LogP contribution in [0.15, 0.2) is 24.4 Å². The Kier molecular flexibility index (Phi) is 5.65. The Morgan fingerprint density at radius 1 is 1.46 bits per heavy atom. The van der Waals surface area contributed by atoms with E-state index in [-0.39, 0.29) is 23.3 Å². The highest BCUT2D eigenvalue weighted by Gasteiger charge is 2.18. The van der Waals surface area contributed by atoms with E-state index in [0.29, 0.717) is 11.0 Å². The Bertz CT molecular complexity index is 719. The summed E-state index contributed by atoms with van der Waals surface area (Å²) >= 11 is 7.34. The molecule has 0 atom stereocenters. The van der Waals surface area contributed by atoms with E-state index in [2.05, 4.69) is 15.6 Å². The van der Waals surface area contributed by atoms with Crippen molar-refractivity contribution in [2.45, 2.75) is 18.8 Å². The lowest BCUT2D eigenvalue weighted by Gasteiger charge is -2.20. The molecule has 1 fully saturated rings. The third-order valence-corrected chi connectivity index (χ3v) is 5.13. The van der Waals surface area contributed by atoms with Gasteiger partial charge in [-0.25, -0.2) is 9.37 Å². The molecular formula is C16H17ClFN3O2S. The van der Waals surface area contributed by atoms with Crippen molar-refractivity contribution in [1.29, 1.82) is 0 Å². The highest BCUT2D eigenvalue weighted by atomic mass is 35.5. The number of aromatic nitrogens is 1. The average molecular weight is 370 g/mol. The van der Waals surface area contributed by atoms with Crippen molar-refractivity contribution < 1.29 is 13.9 Å². The van der Waals surface area contributed by atoms with Gasteiger partial charge in [0.2, 0.25) is 0 Å². The lowest BCUT2D eigenvalue weighted by molar-refractivity contribution is -0.118. The van der Waals surface area contributed by atoms with Gasteiger partial charge in [-0.15, -0.1) is 11.3 Å². The van der Waals surface area contributed by atoms with Gasteiger partial charge in [-0.1, -0.05) is 11.6 Å². The van der Waals surface area contributed by atoms with Crippen molar-refractivity contribution in [3.63, 3.8) is 0 Å². The van der Waals surface area contributed by atoms with Crippen LogP contribution in [0.5, 0.6) is 5.75 Å². The summed E-state index contributed by atoms with van der Waals surface area (Å²) in [5.74, 6) is -0.0157. The zero-order valence-corrected chi connectivity index (χ0v) is 14.4. The fourth-order valence-electron chi connectivity index (χ4n) is 2.53. The summed E-state index contributed by atoms with van der Waals surface area (Å²) in [6, 6.07) is 3.76. The molecule has 1 amide bonds. The van der Waals surface area contributed by atoms with E-state index in [1.165, 1.54) is 28.3 Å². The first-order valence-electron chi connectivity index (χ1n) is 7.66. The first-order valence-corrected chi connectivity index (χ1v) is 8.85. The number of hydrogen-bond acceptors (Lipinski definition) is 5. The van der Waals surface area contributed by atoms with E-state index in [1.54, 1.807) is 0 Å². The number of rotatable bonds is 5. The molecule has 1 aliphatic rings. The molecule has 0 spiro atoms. The molecule has 24 heavy (non-hydrogen) atoms. The van der Waals surface area contributed by atoms with Crippen LogP contribution in [0.4, 0.5) is 9.52 Å². The van der Waals surface area contributed by atoms with Gasteiger partial charge >= 0.3 is 0 Å². The number of nitrogens with one attached hydrogen (secondary N) is 2. The van der Waals surface area contributed by atoms with Gasteiger partial charge in [-0.05, 0) is 50.0 Å². The second kappa shape index (κ2) is 7.92. The molecule has 1 saturated heterocycles. The minimum atomic E-state index is -0.454. The van der Waals surface area contributed by atoms with Crippen molar-refractivity contribution in [3.05, 3.63) is 40.1 Å². The molecule has 2 aromatic rings. The predicted octanol–water partition coefficient (Wildman–Crippen LogP) is 3.42. The van der Waals surface area contributed by atoms with E-state index in [4.69, 9.17) is 16.3 Å². The van der Waals surface area contributed by atoms with Crippen LogP contribution < -0.4 is 15.4 Å². The summed E-state index contributed by atoms with van der Waals surface area (Å²) in [6.45, 7) is 1.81. The second-order valence-electron chi connectivity index (χ2n) is 5.50. The van der Waals surface area contributed by atoms with E-state index in [1.807, 2.05) is 6.20 Å². The third-order valence-electron chi connectivity index (χ3n) is 3.76. The van der Waals surface area contributed by atoms with Gasteiger partial charge < -0.3 is 10.1 Å². The maximum Gasteiger partial charge on any atom is 0.264 e. The standard InChI is InChI=1S/C16H17ClFN3O2S/c17-12-7-11(18)1-2-13(12)23-9-15(22)21-16-20-8-14(24-16)10-3-5-19-6-4-10/h1-2,7-8,10,19H,3-6,9H2,(H,20,21,22). The number of carbonyl (C=O) groups excluding carboxylic acids is 1. The van der Waals surface area contributed by atoms with Crippen LogP contribution in [-0.2, 0) is 4.79 Å². The van der Waals surface area contributed by atoms with Crippen molar-refractivity contribution in [1.82, 2.24) is 10.3 Å². The monoisotopic (exact) mass is 369 g/mol. The maximum atomic E-state index is 13.0. The van der Waals surface area contributed by atoms with Crippen LogP contribution >= 0.6 is 22.9 Å². The van der Waals surface area contributed by atoms with Crippen LogP contribution in [0.25, 0.3) is 0 Å². The number of nitrogens with zero attached hydrogens (tertiary/aromatic N) is 1. The van der Waals surface area contributed by atoms with Crippen LogP contribution in [0.3, 0.4) is 0 Å². The van der Waals surface area contributed by atoms with Crippen LogP contribution in [-0.4, -0.2) is 30.6 Å². The number of carbonyl (C=O) groups is 1. The van der Waals surface area contributed by atoms with Crippen LogP contribution in [0.2, 0.25) is 5.02 Å². The fourth-order valence-corrected chi connectivity index (χ4v) is 3.75. The van der Waals surface area contributed by atoms with E-state index in [9.17, 15) is 9.18 Å². The number of hydrogen-bond donors (Lipinski definition) is 2. The number of anilines is 1. The number of piperidine rings is 1. The second-order valence-corrected chi connectivity index (χ2v) is 6.97. The van der Waals surface area contributed by atoms with Crippen molar-refractivity contribution in [3.8, 4) is 5.75 Å². The summed E-state index contributed by atoms with van der Waals surface area (Å²) < 4.78 is 18.3. The predicted molar refractivity (Wildman–Crippen MR) is 92.5 cm³/mol. The van der Waals surface area contributed by atoms with Gasteiger partial charge in [-0.2, -0.15) is 0 Å². The number of ether oxygens (including phenoxy) is 1. The first kappa shape index (κ1) is 17.1. The summed E-state index contributed by atoms with van der Waals surface area (Å²) in [4.78, 5) is 17.4. The highest BCUT2D eigenvalue weighted by molar-refractivity contribution is 7.15. The molecule has 128 valence electrons. The van der Waals surface area contributed by atoms with Crippen molar-refractivity contribution in [2.75, 3.05) is 25.0 Å². The number of amides is 1. The minimum absolute atomic E-state index is 0.130. The summed E-state index contributed by atoms with van der Waals surface area (Å²) in [5.41, 5.74) is 0. The van der Waals surface area contributed by atoms with Gasteiger partial charge in [0.1, 0.15) is 11.6 Å². The summed E-state index contributed by atoms with van der Waals surface area (Å²) in [5, 5.41) is 6.73. The lowest BCUT2D eigenvalue weighted by Crippen LogP contribution is -2.26. The van der Waals surface area contributed by atoms with Crippen LogP contribution in [0.1, 0.15) is 23.6 Å². The number of benzene rings is 1. The SMILES string of the molecule is O=C(COc1ccc(F)cc1Cl)Nc1ncc(C2CCNCC2)s1. The first-order chi connectivity index (χ1) is 11.6. The maximum absolute atomic E-state index is 13.0.